The minimum Gasteiger partial charge on any atom is -0.258 e. The molecule has 0 unspecified atom stereocenters. The van der Waals surface area contributed by atoms with E-state index in [1.807, 2.05) is 0 Å². The lowest BCUT2D eigenvalue weighted by atomic mass is 10.2. The molecular formula is C11H9N3O2S. The highest BCUT2D eigenvalue weighted by Crippen LogP contribution is 2.25. The number of rotatable bonds is 4. The van der Waals surface area contributed by atoms with E-state index in [4.69, 9.17) is 0 Å². The zero-order chi connectivity index (χ0) is 12.1. The van der Waals surface area contributed by atoms with E-state index >= 15 is 0 Å². The van der Waals surface area contributed by atoms with E-state index in [1.54, 1.807) is 36.7 Å². The fourth-order valence-corrected chi connectivity index (χ4v) is 2.11. The van der Waals surface area contributed by atoms with Gasteiger partial charge >= 0.3 is 0 Å². The minimum atomic E-state index is -0.373. The van der Waals surface area contributed by atoms with Crippen LogP contribution in [0.5, 0.6) is 0 Å². The number of aromatic nitrogens is 2. The van der Waals surface area contributed by atoms with Crippen LogP contribution in [0.4, 0.5) is 5.69 Å². The molecule has 1 aromatic carbocycles. The monoisotopic (exact) mass is 247 g/mol. The molecule has 0 saturated heterocycles. The standard InChI is InChI=1S/C11H9N3O2S/c15-14(16)10-5-2-1-4-9(10)8-17-11-12-6-3-7-13-11/h1-7H,8H2. The molecule has 1 aromatic heterocycles. The molecule has 0 saturated carbocycles. The quantitative estimate of drug-likeness (QED) is 0.359. The van der Waals surface area contributed by atoms with Gasteiger partial charge in [0.15, 0.2) is 5.16 Å². The van der Waals surface area contributed by atoms with Crippen LogP contribution in [0, 0.1) is 10.1 Å². The van der Waals surface area contributed by atoms with Crippen molar-refractivity contribution in [3.8, 4) is 0 Å². The van der Waals surface area contributed by atoms with Crippen LogP contribution in [-0.4, -0.2) is 14.9 Å². The molecule has 0 aliphatic heterocycles. The first kappa shape index (κ1) is 11.5. The van der Waals surface area contributed by atoms with Crippen molar-refractivity contribution >= 4 is 17.4 Å². The second-order valence-electron chi connectivity index (χ2n) is 3.21. The molecule has 0 fully saturated rings. The van der Waals surface area contributed by atoms with Crippen molar-refractivity contribution < 1.29 is 4.92 Å². The molecule has 0 aliphatic carbocycles. The van der Waals surface area contributed by atoms with Crippen molar-refractivity contribution in [3.05, 3.63) is 58.4 Å². The average Bonchev–Trinajstić information content (AvgIpc) is 2.38. The first-order valence-corrected chi connectivity index (χ1v) is 5.88. The van der Waals surface area contributed by atoms with Crippen LogP contribution in [0.15, 0.2) is 47.9 Å². The largest absolute Gasteiger partial charge is 0.273 e. The highest BCUT2D eigenvalue weighted by molar-refractivity contribution is 7.98. The van der Waals surface area contributed by atoms with Crippen LogP contribution in [0.25, 0.3) is 0 Å². The summed E-state index contributed by atoms with van der Waals surface area (Å²) < 4.78 is 0. The van der Waals surface area contributed by atoms with Crippen LogP contribution in [0.2, 0.25) is 0 Å². The zero-order valence-electron chi connectivity index (χ0n) is 8.81. The molecule has 2 aromatic rings. The Bertz CT molecular complexity index is 519. The van der Waals surface area contributed by atoms with Gasteiger partial charge in [-0.2, -0.15) is 0 Å². The van der Waals surface area contributed by atoms with E-state index < -0.39 is 0 Å². The van der Waals surface area contributed by atoms with Crippen molar-refractivity contribution in [2.45, 2.75) is 10.9 Å². The lowest BCUT2D eigenvalue weighted by molar-refractivity contribution is -0.385. The molecule has 86 valence electrons. The van der Waals surface area contributed by atoms with E-state index in [1.165, 1.54) is 17.8 Å². The van der Waals surface area contributed by atoms with E-state index in [-0.39, 0.29) is 10.6 Å². The fourth-order valence-electron chi connectivity index (χ4n) is 1.31. The molecule has 5 nitrogen and oxygen atoms in total. The van der Waals surface area contributed by atoms with Crippen LogP contribution >= 0.6 is 11.8 Å². The summed E-state index contributed by atoms with van der Waals surface area (Å²) in [5, 5.41) is 11.4. The Hall–Kier alpha value is -1.95. The number of nitro benzene ring substituents is 1. The first-order chi connectivity index (χ1) is 8.27. The normalized spacial score (nSPS) is 10.1. The van der Waals surface area contributed by atoms with E-state index in [9.17, 15) is 10.1 Å². The number of nitro groups is 1. The minimum absolute atomic E-state index is 0.135. The van der Waals surface area contributed by atoms with Gasteiger partial charge < -0.3 is 0 Å². The highest BCUT2D eigenvalue weighted by Gasteiger charge is 2.12. The van der Waals surface area contributed by atoms with Crippen molar-refractivity contribution in [3.63, 3.8) is 0 Å². The second kappa shape index (κ2) is 5.40. The number of hydrogen-bond acceptors (Lipinski definition) is 5. The van der Waals surface area contributed by atoms with Crippen LogP contribution < -0.4 is 0 Å². The smallest absolute Gasteiger partial charge is 0.258 e. The Morgan fingerprint density at radius 2 is 1.88 bits per heavy atom. The average molecular weight is 247 g/mol. The summed E-state index contributed by atoms with van der Waals surface area (Å²) in [6.45, 7) is 0. The molecule has 17 heavy (non-hydrogen) atoms. The lowest BCUT2D eigenvalue weighted by Gasteiger charge is -2.01. The Labute approximate surface area is 102 Å². The van der Waals surface area contributed by atoms with Gasteiger partial charge in [0.2, 0.25) is 0 Å². The van der Waals surface area contributed by atoms with E-state index in [2.05, 4.69) is 9.97 Å². The van der Waals surface area contributed by atoms with Gasteiger partial charge in [-0.05, 0) is 6.07 Å². The topological polar surface area (TPSA) is 68.9 Å². The van der Waals surface area contributed by atoms with Crippen molar-refractivity contribution in [2.24, 2.45) is 0 Å². The van der Waals surface area contributed by atoms with Gasteiger partial charge in [0.1, 0.15) is 0 Å². The molecule has 1 heterocycles. The van der Waals surface area contributed by atoms with Gasteiger partial charge in [-0.3, -0.25) is 10.1 Å². The molecule has 0 amide bonds. The molecule has 2 rings (SSSR count). The Morgan fingerprint density at radius 1 is 1.18 bits per heavy atom. The van der Waals surface area contributed by atoms with Crippen LogP contribution in [-0.2, 0) is 5.75 Å². The fraction of sp³-hybridized carbons (Fsp3) is 0.0909. The summed E-state index contributed by atoms with van der Waals surface area (Å²) in [7, 11) is 0. The number of benzene rings is 1. The highest BCUT2D eigenvalue weighted by atomic mass is 32.2. The molecule has 6 heteroatoms. The Balaban J connectivity index is 2.12. The third-order valence-electron chi connectivity index (χ3n) is 2.09. The van der Waals surface area contributed by atoms with Gasteiger partial charge in [0, 0.05) is 29.8 Å². The summed E-state index contributed by atoms with van der Waals surface area (Å²) >= 11 is 1.38. The Morgan fingerprint density at radius 3 is 2.59 bits per heavy atom. The molecule has 0 atom stereocenters. The van der Waals surface area contributed by atoms with Crippen molar-refractivity contribution in [2.75, 3.05) is 0 Å². The summed E-state index contributed by atoms with van der Waals surface area (Å²) in [6, 6.07) is 8.42. The van der Waals surface area contributed by atoms with Crippen molar-refractivity contribution in [1.82, 2.24) is 9.97 Å². The van der Waals surface area contributed by atoms with Gasteiger partial charge in [-0.1, -0.05) is 30.0 Å². The number of hydrogen-bond donors (Lipinski definition) is 0. The summed E-state index contributed by atoms with van der Waals surface area (Å²) in [6.07, 6.45) is 3.30. The molecule has 0 spiro atoms. The molecular weight excluding hydrogens is 238 g/mol. The maximum Gasteiger partial charge on any atom is 0.273 e. The van der Waals surface area contributed by atoms with Crippen LogP contribution in [0.3, 0.4) is 0 Å². The third-order valence-corrected chi connectivity index (χ3v) is 3.01. The summed E-state index contributed by atoms with van der Waals surface area (Å²) in [4.78, 5) is 18.5. The lowest BCUT2D eigenvalue weighted by Crippen LogP contribution is -1.94. The van der Waals surface area contributed by atoms with E-state index in [0.29, 0.717) is 16.5 Å². The SMILES string of the molecule is O=[N+]([O-])c1ccccc1CSc1ncccn1. The van der Waals surface area contributed by atoms with Gasteiger partial charge in [-0.25, -0.2) is 9.97 Å². The van der Waals surface area contributed by atoms with E-state index in [0.717, 1.165) is 0 Å². The second-order valence-corrected chi connectivity index (χ2v) is 4.15. The Kier molecular flexibility index (Phi) is 3.66. The number of nitrogens with zero attached hydrogens (tertiary/aromatic N) is 3. The predicted molar refractivity (Wildman–Crippen MR) is 64.7 cm³/mol. The van der Waals surface area contributed by atoms with Gasteiger partial charge in [0.25, 0.3) is 5.69 Å². The van der Waals surface area contributed by atoms with Crippen molar-refractivity contribution in [1.29, 1.82) is 0 Å². The molecule has 0 bridgehead atoms. The molecule has 0 radical (unpaired) electrons. The maximum atomic E-state index is 10.8. The van der Waals surface area contributed by atoms with Crippen LogP contribution in [0.1, 0.15) is 5.56 Å². The third kappa shape index (κ3) is 3.01. The zero-order valence-corrected chi connectivity index (χ0v) is 9.63. The molecule has 0 N–H and O–H groups in total. The number of para-hydroxylation sites is 1. The summed E-state index contributed by atoms with van der Waals surface area (Å²) in [5.41, 5.74) is 0.811. The first-order valence-electron chi connectivity index (χ1n) is 4.89. The number of thioether (sulfide) groups is 1. The van der Waals surface area contributed by atoms with Gasteiger partial charge in [0.05, 0.1) is 4.92 Å². The maximum absolute atomic E-state index is 10.8. The summed E-state index contributed by atoms with van der Waals surface area (Å²) in [5.74, 6) is 0.487. The molecule has 0 aliphatic rings. The van der Waals surface area contributed by atoms with Gasteiger partial charge in [-0.15, -0.1) is 0 Å². The predicted octanol–water partition coefficient (Wildman–Crippen LogP) is 2.68.